The van der Waals surface area contributed by atoms with Gasteiger partial charge in [0.15, 0.2) is 0 Å². The van der Waals surface area contributed by atoms with Gasteiger partial charge in [-0.1, -0.05) is 6.42 Å². The van der Waals surface area contributed by atoms with E-state index in [4.69, 9.17) is 10.8 Å². The van der Waals surface area contributed by atoms with Crippen molar-refractivity contribution in [1.29, 1.82) is 0 Å². The van der Waals surface area contributed by atoms with Crippen LogP contribution < -0.4 is 5.73 Å². The second kappa shape index (κ2) is 3.88. The molecule has 3 heteroatoms. The second-order valence-corrected chi connectivity index (χ2v) is 5.54. The predicted octanol–water partition coefficient (Wildman–Crippen LogP) is 2.58. The van der Waals surface area contributed by atoms with Crippen LogP contribution in [-0.4, -0.2) is 9.78 Å². The zero-order valence-electron chi connectivity index (χ0n) is 10.0. The van der Waals surface area contributed by atoms with Crippen LogP contribution in [0, 0.1) is 5.92 Å². The lowest BCUT2D eigenvalue weighted by Gasteiger charge is -2.22. The maximum Gasteiger partial charge on any atom is 0.0659 e. The molecule has 0 radical (unpaired) electrons. The van der Waals surface area contributed by atoms with E-state index in [9.17, 15) is 0 Å². The normalized spacial score (nSPS) is 23.1. The average Bonchev–Trinajstić information content (AvgIpc) is 2.84. The standard InChI is InChI=1S/C13H21N3/c1-9(14)13-7-12(11-3-2-4-11)15-16(13)8-10-5-6-10/h7,9-11H,2-6,8,14H2,1H3. The third-order valence-corrected chi connectivity index (χ3v) is 3.95. The van der Waals surface area contributed by atoms with Gasteiger partial charge in [0.25, 0.3) is 0 Å². The Morgan fingerprint density at radius 1 is 1.44 bits per heavy atom. The molecule has 1 unspecified atom stereocenters. The molecule has 1 heterocycles. The van der Waals surface area contributed by atoms with Gasteiger partial charge in [0, 0.05) is 18.5 Å². The van der Waals surface area contributed by atoms with Crippen LogP contribution in [0.3, 0.4) is 0 Å². The Morgan fingerprint density at radius 3 is 2.69 bits per heavy atom. The molecule has 0 saturated heterocycles. The van der Waals surface area contributed by atoms with Crippen LogP contribution in [0.2, 0.25) is 0 Å². The molecule has 3 rings (SSSR count). The van der Waals surface area contributed by atoms with E-state index in [0.717, 1.165) is 18.4 Å². The van der Waals surface area contributed by atoms with Crippen LogP contribution in [0.5, 0.6) is 0 Å². The first-order valence-corrected chi connectivity index (χ1v) is 6.57. The molecule has 2 aliphatic rings. The molecule has 3 nitrogen and oxygen atoms in total. The molecule has 0 spiro atoms. The summed E-state index contributed by atoms with van der Waals surface area (Å²) in [6.07, 6.45) is 6.75. The second-order valence-electron chi connectivity index (χ2n) is 5.54. The van der Waals surface area contributed by atoms with E-state index in [0.29, 0.717) is 0 Å². The van der Waals surface area contributed by atoms with Crippen molar-refractivity contribution in [3.8, 4) is 0 Å². The summed E-state index contributed by atoms with van der Waals surface area (Å²) in [4.78, 5) is 0. The summed E-state index contributed by atoms with van der Waals surface area (Å²) in [5.74, 6) is 1.59. The van der Waals surface area contributed by atoms with Crippen LogP contribution in [0.4, 0.5) is 0 Å². The van der Waals surface area contributed by atoms with Crippen LogP contribution in [0.25, 0.3) is 0 Å². The smallest absolute Gasteiger partial charge is 0.0659 e. The van der Waals surface area contributed by atoms with Crippen molar-refractivity contribution in [3.63, 3.8) is 0 Å². The summed E-state index contributed by atoms with van der Waals surface area (Å²) in [6.45, 7) is 3.15. The van der Waals surface area contributed by atoms with Crippen molar-refractivity contribution < 1.29 is 0 Å². The van der Waals surface area contributed by atoms with Crippen molar-refractivity contribution in [2.75, 3.05) is 0 Å². The molecule has 0 bridgehead atoms. The number of rotatable bonds is 4. The fraction of sp³-hybridized carbons (Fsp3) is 0.769. The first kappa shape index (κ1) is 10.3. The van der Waals surface area contributed by atoms with Crippen molar-refractivity contribution in [3.05, 3.63) is 17.5 Å². The van der Waals surface area contributed by atoms with Gasteiger partial charge in [0.05, 0.1) is 11.4 Å². The molecule has 1 aromatic heterocycles. The lowest BCUT2D eigenvalue weighted by molar-refractivity contribution is 0.403. The molecule has 2 saturated carbocycles. The van der Waals surface area contributed by atoms with E-state index in [1.165, 1.54) is 43.5 Å². The predicted molar refractivity (Wildman–Crippen MR) is 64.1 cm³/mol. The summed E-state index contributed by atoms with van der Waals surface area (Å²) in [6, 6.07) is 2.36. The summed E-state index contributed by atoms with van der Waals surface area (Å²) < 4.78 is 2.18. The molecule has 1 atom stereocenters. The minimum Gasteiger partial charge on any atom is -0.323 e. The minimum absolute atomic E-state index is 0.111. The van der Waals surface area contributed by atoms with Gasteiger partial charge in [0.2, 0.25) is 0 Å². The highest BCUT2D eigenvalue weighted by Gasteiger charge is 2.27. The van der Waals surface area contributed by atoms with E-state index >= 15 is 0 Å². The number of hydrogen-bond donors (Lipinski definition) is 1. The summed E-state index contributed by atoms with van der Waals surface area (Å²) in [5, 5.41) is 4.77. The third kappa shape index (κ3) is 1.88. The largest absolute Gasteiger partial charge is 0.323 e. The fourth-order valence-electron chi connectivity index (χ4n) is 2.41. The van der Waals surface area contributed by atoms with Gasteiger partial charge in [-0.05, 0) is 44.6 Å². The van der Waals surface area contributed by atoms with Crippen molar-refractivity contribution in [2.45, 2.75) is 57.5 Å². The molecule has 16 heavy (non-hydrogen) atoms. The van der Waals surface area contributed by atoms with E-state index < -0.39 is 0 Å². The molecule has 0 aliphatic heterocycles. The van der Waals surface area contributed by atoms with Crippen molar-refractivity contribution in [1.82, 2.24) is 9.78 Å². The number of aromatic nitrogens is 2. The molecule has 0 aromatic carbocycles. The van der Waals surface area contributed by atoms with E-state index in [-0.39, 0.29) is 6.04 Å². The monoisotopic (exact) mass is 219 g/mol. The Morgan fingerprint density at radius 2 is 2.19 bits per heavy atom. The number of hydrogen-bond acceptors (Lipinski definition) is 2. The van der Waals surface area contributed by atoms with Crippen LogP contribution in [0.15, 0.2) is 6.07 Å². The van der Waals surface area contributed by atoms with Crippen LogP contribution >= 0.6 is 0 Å². The Kier molecular flexibility index (Phi) is 2.51. The Hall–Kier alpha value is -0.830. The quantitative estimate of drug-likeness (QED) is 0.845. The van der Waals surface area contributed by atoms with E-state index in [2.05, 4.69) is 17.7 Å². The lowest BCUT2D eigenvalue weighted by Crippen LogP contribution is -2.14. The van der Waals surface area contributed by atoms with Gasteiger partial charge in [-0.25, -0.2) is 0 Å². The van der Waals surface area contributed by atoms with Gasteiger partial charge in [0.1, 0.15) is 0 Å². The zero-order valence-corrected chi connectivity index (χ0v) is 10.0. The van der Waals surface area contributed by atoms with Crippen molar-refractivity contribution >= 4 is 0 Å². The molecular formula is C13H21N3. The first-order chi connectivity index (χ1) is 7.74. The highest BCUT2D eigenvalue weighted by Crippen LogP contribution is 2.37. The Labute approximate surface area is 97.0 Å². The average molecular weight is 219 g/mol. The number of nitrogens with two attached hydrogens (primary N) is 1. The van der Waals surface area contributed by atoms with Gasteiger partial charge in [-0.15, -0.1) is 0 Å². The molecule has 88 valence electrons. The van der Waals surface area contributed by atoms with Crippen LogP contribution in [0.1, 0.15) is 62.4 Å². The molecule has 0 amide bonds. The van der Waals surface area contributed by atoms with Gasteiger partial charge < -0.3 is 5.73 Å². The third-order valence-electron chi connectivity index (χ3n) is 3.95. The molecule has 2 aliphatic carbocycles. The van der Waals surface area contributed by atoms with E-state index in [1.54, 1.807) is 0 Å². The molecular weight excluding hydrogens is 198 g/mol. The van der Waals surface area contributed by atoms with Gasteiger partial charge in [-0.2, -0.15) is 5.10 Å². The maximum atomic E-state index is 6.02. The fourth-order valence-corrected chi connectivity index (χ4v) is 2.41. The molecule has 1 aromatic rings. The topological polar surface area (TPSA) is 43.8 Å². The highest BCUT2D eigenvalue weighted by molar-refractivity contribution is 5.19. The summed E-state index contributed by atoms with van der Waals surface area (Å²) >= 11 is 0. The maximum absolute atomic E-state index is 6.02. The lowest BCUT2D eigenvalue weighted by atomic mass is 9.83. The van der Waals surface area contributed by atoms with Crippen molar-refractivity contribution in [2.24, 2.45) is 11.7 Å². The summed E-state index contributed by atoms with van der Waals surface area (Å²) in [7, 11) is 0. The minimum atomic E-state index is 0.111. The van der Waals surface area contributed by atoms with E-state index in [1.807, 2.05) is 0 Å². The SMILES string of the molecule is CC(N)c1cc(C2CCC2)nn1CC1CC1. The highest BCUT2D eigenvalue weighted by atomic mass is 15.3. The Balaban J connectivity index is 1.83. The molecule has 2 N–H and O–H groups in total. The van der Waals surface area contributed by atoms with Gasteiger partial charge in [-0.3, -0.25) is 4.68 Å². The molecule has 2 fully saturated rings. The Bertz CT molecular complexity index is 373. The zero-order chi connectivity index (χ0) is 11.1. The number of nitrogens with zero attached hydrogens (tertiary/aromatic N) is 2. The van der Waals surface area contributed by atoms with Gasteiger partial charge >= 0.3 is 0 Å². The first-order valence-electron chi connectivity index (χ1n) is 6.57. The van der Waals surface area contributed by atoms with Crippen LogP contribution in [-0.2, 0) is 6.54 Å². The summed E-state index contributed by atoms with van der Waals surface area (Å²) in [5.41, 5.74) is 8.54.